The standard InChI is InChI=1S/C14H10Cl2FNO3S/c15-11-2-1-3-12(14(11)16)18-13(19)8-22(20,21)10-6-4-9(17)5-7-10/h1-7H,8H2,(H,18,19). The quantitative estimate of drug-likeness (QED) is 0.847. The minimum absolute atomic E-state index is 0.122. The van der Waals surface area contributed by atoms with Crippen molar-refractivity contribution < 1.29 is 17.6 Å². The van der Waals surface area contributed by atoms with E-state index in [1.54, 1.807) is 6.07 Å². The zero-order valence-corrected chi connectivity index (χ0v) is 13.3. The molecule has 1 amide bonds. The summed E-state index contributed by atoms with van der Waals surface area (Å²) in [6, 6.07) is 8.83. The van der Waals surface area contributed by atoms with Gasteiger partial charge in [0.05, 0.1) is 20.6 Å². The molecular weight excluding hydrogens is 352 g/mol. The van der Waals surface area contributed by atoms with Crippen LogP contribution in [-0.4, -0.2) is 20.1 Å². The zero-order chi connectivity index (χ0) is 16.3. The van der Waals surface area contributed by atoms with E-state index in [0.717, 1.165) is 24.3 Å². The van der Waals surface area contributed by atoms with Gasteiger partial charge in [-0.05, 0) is 36.4 Å². The van der Waals surface area contributed by atoms with Crippen LogP contribution in [-0.2, 0) is 14.6 Å². The Morgan fingerprint density at radius 3 is 2.36 bits per heavy atom. The maximum atomic E-state index is 12.8. The molecule has 0 aliphatic heterocycles. The summed E-state index contributed by atoms with van der Waals surface area (Å²) in [4.78, 5) is 11.7. The van der Waals surface area contributed by atoms with Crippen molar-refractivity contribution in [2.45, 2.75) is 4.90 Å². The summed E-state index contributed by atoms with van der Waals surface area (Å²) in [6.07, 6.45) is 0. The number of amides is 1. The van der Waals surface area contributed by atoms with E-state index in [1.807, 2.05) is 0 Å². The number of carbonyl (C=O) groups excluding carboxylic acids is 1. The van der Waals surface area contributed by atoms with Crippen LogP contribution in [0.25, 0.3) is 0 Å². The summed E-state index contributed by atoms with van der Waals surface area (Å²) in [5.41, 5.74) is 0.216. The number of benzene rings is 2. The number of nitrogens with one attached hydrogen (secondary N) is 1. The molecular formula is C14H10Cl2FNO3S. The van der Waals surface area contributed by atoms with Gasteiger partial charge in [-0.1, -0.05) is 29.3 Å². The van der Waals surface area contributed by atoms with E-state index >= 15 is 0 Å². The van der Waals surface area contributed by atoms with Gasteiger partial charge >= 0.3 is 0 Å². The van der Waals surface area contributed by atoms with Gasteiger partial charge in [0, 0.05) is 0 Å². The van der Waals surface area contributed by atoms with Gasteiger partial charge in [-0.15, -0.1) is 0 Å². The van der Waals surface area contributed by atoms with Gasteiger partial charge in [0.2, 0.25) is 5.91 Å². The summed E-state index contributed by atoms with van der Waals surface area (Å²) in [5.74, 6) is -2.12. The number of rotatable bonds is 4. The molecule has 4 nitrogen and oxygen atoms in total. The third-order valence-corrected chi connectivity index (χ3v) is 5.17. The zero-order valence-electron chi connectivity index (χ0n) is 11.0. The number of anilines is 1. The predicted octanol–water partition coefficient (Wildman–Crippen LogP) is 3.54. The minimum atomic E-state index is -3.87. The van der Waals surface area contributed by atoms with E-state index in [9.17, 15) is 17.6 Å². The van der Waals surface area contributed by atoms with Crippen molar-refractivity contribution in [2.24, 2.45) is 0 Å². The molecule has 0 atom stereocenters. The lowest BCUT2D eigenvalue weighted by Gasteiger charge is -2.09. The summed E-state index contributed by atoms with van der Waals surface area (Å²) < 4.78 is 36.9. The minimum Gasteiger partial charge on any atom is -0.324 e. The first-order chi connectivity index (χ1) is 10.3. The third-order valence-electron chi connectivity index (χ3n) is 2.72. The van der Waals surface area contributed by atoms with Crippen LogP contribution in [0.4, 0.5) is 10.1 Å². The number of halogens is 3. The van der Waals surface area contributed by atoms with Gasteiger partial charge in [-0.3, -0.25) is 4.79 Å². The second-order valence-electron chi connectivity index (χ2n) is 4.36. The Bertz CT molecular complexity index is 807. The molecule has 0 unspecified atom stereocenters. The Balaban J connectivity index is 2.14. The second-order valence-corrected chi connectivity index (χ2v) is 7.14. The predicted molar refractivity (Wildman–Crippen MR) is 83.5 cm³/mol. The Kier molecular flexibility index (Phi) is 5.05. The van der Waals surface area contributed by atoms with E-state index < -0.39 is 27.3 Å². The number of hydrogen-bond donors (Lipinski definition) is 1. The topological polar surface area (TPSA) is 63.2 Å². The molecule has 0 fully saturated rings. The van der Waals surface area contributed by atoms with Gasteiger partial charge in [-0.25, -0.2) is 12.8 Å². The molecule has 22 heavy (non-hydrogen) atoms. The molecule has 0 radical (unpaired) electrons. The molecule has 116 valence electrons. The number of hydrogen-bond acceptors (Lipinski definition) is 3. The van der Waals surface area contributed by atoms with Crippen LogP contribution in [0.3, 0.4) is 0 Å². The molecule has 0 aromatic heterocycles. The first-order valence-corrected chi connectivity index (χ1v) is 8.42. The molecule has 2 aromatic rings. The van der Waals surface area contributed by atoms with Crippen LogP contribution in [0.15, 0.2) is 47.4 Å². The van der Waals surface area contributed by atoms with Crippen molar-refractivity contribution in [1.82, 2.24) is 0 Å². The van der Waals surface area contributed by atoms with Gasteiger partial charge in [-0.2, -0.15) is 0 Å². The first-order valence-electron chi connectivity index (χ1n) is 6.02. The normalized spacial score (nSPS) is 11.2. The molecule has 1 N–H and O–H groups in total. The van der Waals surface area contributed by atoms with Crippen LogP contribution in [0, 0.1) is 5.82 Å². The molecule has 0 saturated carbocycles. The molecule has 2 aromatic carbocycles. The van der Waals surface area contributed by atoms with Crippen LogP contribution in [0.1, 0.15) is 0 Å². The summed E-state index contributed by atoms with van der Waals surface area (Å²) in [6.45, 7) is 0. The molecule has 0 spiro atoms. The van der Waals surface area contributed by atoms with Gasteiger partial charge in [0.25, 0.3) is 0 Å². The largest absolute Gasteiger partial charge is 0.324 e. The molecule has 2 rings (SSSR count). The second kappa shape index (κ2) is 6.64. The SMILES string of the molecule is O=C(CS(=O)(=O)c1ccc(F)cc1)Nc1cccc(Cl)c1Cl. The molecule has 0 bridgehead atoms. The van der Waals surface area contributed by atoms with E-state index in [1.165, 1.54) is 12.1 Å². The lowest BCUT2D eigenvalue weighted by Crippen LogP contribution is -2.23. The van der Waals surface area contributed by atoms with E-state index in [0.29, 0.717) is 0 Å². The lowest BCUT2D eigenvalue weighted by atomic mass is 10.3. The lowest BCUT2D eigenvalue weighted by molar-refractivity contribution is -0.113. The molecule has 0 aliphatic carbocycles. The Morgan fingerprint density at radius 1 is 1.09 bits per heavy atom. The van der Waals surface area contributed by atoms with Crippen molar-refractivity contribution in [3.8, 4) is 0 Å². The highest BCUT2D eigenvalue weighted by Gasteiger charge is 2.20. The Morgan fingerprint density at radius 2 is 1.73 bits per heavy atom. The number of sulfone groups is 1. The highest BCUT2D eigenvalue weighted by molar-refractivity contribution is 7.92. The molecule has 0 aliphatic rings. The van der Waals surface area contributed by atoms with Crippen molar-refractivity contribution in [1.29, 1.82) is 0 Å². The maximum absolute atomic E-state index is 12.8. The van der Waals surface area contributed by atoms with Crippen molar-refractivity contribution >= 4 is 44.6 Å². The van der Waals surface area contributed by atoms with Crippen LogP contribution < -0.4 is 5.32 Å². The molecule has 0 saturated heterocycles. The fraction of sp³-hybridized carbons (Fsp3) is 0.0714. The van der Waals surface area contributed by atoms with Crippen LogP contribution in [0.2, 0.25) is 10.0 Å². The highest BCUT2D eigenvalue weighted by atomic mass is 35.5. The van der Waals surface area contributed by atoms with Gasteiger partial charge in [0.1, 0.15) is 11.6 Å². The third kappa shape index (κ3) is 3.97. The van der Waals surface area contributed by atoms with Crippen molar-refractivity contribution in [3.63, 3.8) is 0 Å². The van der Waals surface area contributed by atoms with Crippen LogP contribution in [0.5, 0.6) is 0 Å². The Labute approximate surface area is 136 Å². The first kappa shape index (κ1) is 16.7. The summed E-state index contributed by atoms with van der Waals surface area (Å²) in [5, 5.41) is 2.74. The Hall–Kier alpha value is -1.63. The van der Waals surface area contributed by atoms with Gasteiger partial charge in [0.15, 0.2) is 9.84 Å². The summed E-state index contributed by atoms with van der Waals surface area (Å²) >= 11 is 11.7. The molecule has 8 heteroatoms. The molecule has 0 heterocycles. The monoisotopic (exact) mass is 361 g/mol. The summed E-state index contributed by atoms with van der Waals surface area (Å²) in [7, 11) is -3.87. The average Bonchev–Trinajstić information content (AvgIpc) is 2.44. The maximum Gasteiger partial charge on any atom is 0.240 e. The van der Waals surface area contributed by atoms with Crippen molar-refractivity contribution in [3.05, 3.63) is 58.3 Å². The van der Waals surface area contributed by atoms with Crippen molar-refractivity contribution in [2.75, 3.05) is 11.1 Å². The van der Waals surface area contributed by atoms with E-state index in [-0.39, 0.29) is 20.6 Å². The smallest absolute Gasteiger partial charge is 0.240 e. The van der Waals surface area contributed by atoms with Gasteiger partial charge < -0.3 is 5.32 Å². The fourth-order valence-electron chi connectivity index (χ4n) is 1.68. The fourth-order valence-corrected chi connectivity index (χ4v) is 3.17. The highest BCUT2D eigenvalue weighted by Crippen LogP contribution is 2.29. The van der Waals surface area contributed by atoms with E-state index in [4.69, 9.17) is 23.2 Å². The number of carbonyl (C=O) groups is 1. The van der Waals surface area contributed by atoms with E-state index in [2.05, 4.69) is 5.32 Å². The average molecular weight is 362 g/mol. The van der Waals surface area contributed by atoms with Crippen LogP contribution >= 0.6 is 23.2 Å².